The minimum Gasteiger partial charge on any atom is -0.461 e. The molecule has 0 amide bonds. The van der Waals surface area contributed by atoms with Gasteiger partial charge in [0.1, 0.15) is 46.9 Å². The lowest BCUT2D eigenvalue weighted by molar-refractivity contribution is -0.136. The van der Waals surface area contributed by atoms with Crippen LogP contribution >= 0.6 is 11.3 Å². The number of fused-ring (bicyclic) bond motifs is 3. The molecule has 16 heteroatoms. The Kier molecular flexibility index (Phi) is 7.17. The molecule has 0 bridgehead atoms. The molecular weight excluding hydrogens is 622 g/mol. The highest BCUT2D eigenvalue weighted by molar-refractivity contribution is 7.23. The van der Waals surface area contributed by atoms with Crippen molar-refractivity contribution in [2.75, 3.05) is 56.5 Å². The molecular formula is C29H26F6N8OS. The molecule has 1 aromatic carbocycles. The van der Waals surface area contributed by atoms with Crippen LogP contribution in [0.3, 0.4) is 0 Å². The minimum absolute atomic E-state index is 0.0217. The lowest BCUT2D eigenvalue weighted by atomic mass is 9.95. The number of ether oxygens (including phenoxy) is 1. The SMILES string of the molecule is N#Cc1c(N)sc2c(F)cc(F)c(-c3ncc4c(N5CCNCC5)nc(OC[C@@]56CCCN5C[C@H](F)C6)nc4c3C(F)(F)F)c12. The Morgan fingerprint density at radius 3 is 2.69 bits per heavy atom. The number of anilines is 2. The number of hydrogen-bond acceptors (Lipinski definition) is 10. The Bertz CT molecular complexity index is 1870. The van der Waals surface area contributed by atoms with E-state index in [9.17, 15) is 14.0 Å². The monoisotopic (exact) mass is 648 g/mol. The Balaban J connectivity index is 1.46. The standard InChI is InChI=1S/C29H26F6N8OS/c30-14-9-28(2-1-5-43(28)12-14)13-44-27-40-22-16(26(41-27)42-6-3-38-4-7-42)11-39-23(21(22)29(33,34)35)20-17(31)8-18(32)24-19(20)15(10-36)25(37)45-24/h8,11,14,38H,1-7,9,12-13,37H2/t14-,28+/m1/s1. The van der Waals surface area contributed by atoms with Gasteiger partial charge in [-0.2, -0.15) is 28.4 Å². The first-order chi connectivity index (χ1) is 21.5. The number of nitrogen functional groups attached to an aromatic ring is 1. The summed E-state index contributed by atoms with van der Waals surface area (Å²) in [6, 6.07) is 1.87. The summed E-state index contributed by atoms with van der Waals surface area (Å²) in [5.74, 6) is -2.26. The Labute approximate surface area is 256 Å². The highest BCUT2D eigenvalue weighted by Gasteiger charge is 2.49. The number of thiophene rings is 1. The summed E-state index contributed by atoms with van der Waals surface area (Å²) < 4.78 is 95.8. The number of rotatable bonds is 5. The molecule has 2 atom stereocenters. The number of nitrogens with two attached hydrogens (primary N) is 1. The van der Waals surface area contributed by atoms with Gasteiger partial charge in [-0.25, -0.2) is 13.2 Å². The molecule has 3 aliphatic rings. The van der Waals surface area contributed by atoms with E-state index in [-0.39, 0.29) is 52.1 Å². The first-order valence-corrected chi connectivity index (χ1v) is 15.2. The highest BCUT2D eigenvalue weighted by Crippen LogP contribution is 2.48. The van der Waals surface area contributed by atoms with Crippen LogP contribution in [0.4, 0.5) is 37.2 Å². The summed E-state index contributed by atoms with van der Waals surface area (Å²) in [6.07, 6.45) is -3.32. The summed E-state index contributed by atoms with van der Waals surface area (Å²) in [5, 5.41) is 12.3. The van der Waals surface area contributed by atoms with Gasteiger partial charge in [0, 0.05) is 62.4 Å². The largest absolute Gasteiger partial charge is 0.461 e. The molecule has 3 saturated heterocycles. The van der Waals surface area contributed by atoms with Crippen molar-refractivity contribution in [2.45, 2.75) is 37.1 Å². The van der Waals surface area contributed by atoms with Gasteiger partial charge in [-0.15, -0.1) is 11.3 Å². The zero-order valence-corrected chi connectivity index (χ0v) is 24.5. The number of aromatic nitrogens is 3. The second-order valence-corrected chi connectivity index (χ2v) is 12.6. The molecule has 4 aromatic rings. The topological polar surface area (TPSA) is 116 Å². The molecule has 3 aliphatic heterocycles. The lowest BCUT2D eigenvalue weighted by Crippen LogP contribution is -2.44. The first kappa shape index (κ1) is 29.8. The fourth-order valence-corrected chi connectivity index (χ4v) is 7.84. The zero-order valence-electron chi connectivity index (χ0n) is 23.6. The fraction of sp³-hybridized carbons (Fsp3) is 0.448. The van der Waals surface area contributed by atoms with E-state index >= 15 is 17.6 Å². The Morgan fingerprint density at radius 2 is 1.96 bits per heavy atom. The maximum Gasteiger partial charge on any atom is 0.420 e. The summed E-state index contributed by atoms with van der Waals surface area (Å²) >= 11 is 0.630. The van der Waals surface area contributed by atoms with Crippen LogP contribution in [0, 0.1) is 23.0 Å². The number of nitriles is 1. The quantitative estimate of drug-likeness (QED) is 0.288. The van der Waals surface area contributed by atoms with E-state index in [0.29, 0.717) is 56.5 Å². The third-order valence-electron chi connectivity index (χ3n) is 8.88. The van der Waals surface area contributed by atoms with Crippen molar-refractivity contribution in [3.63, 3.8) is 0 Å². The lowest BCUT2D eigenvalue weighted by Gasteiger charge is -2.32. The van der Waals surface area contributed by atoms with Crippen LogP contribution < -0.4 is 20.7 Å². The zero-order chi connectivity index (χ0) is 31.7. The van der Waals surface area contributed by atoms with Gasteiger partial charge >= 0.3 is 12.2 Å². The summed E-state index contributed by atoms with van der Waals surface area (Å²) in [5.41, 5.74) is 1.34. The van der Waals surface area contributed by atoms with Crippen molar-refractivity contribution in [2.24, 2.45) is 0 Å². The van der Waals surface area contributed by atoms with E-state index in [2.05, 4.69) is 20.3 Å². The minimum atomic E-state index is -5.14. The van der Waals surface area contributed by atoms with Gasteiger partial charge in [0.2, 0.25) is 0 Å². The number of halogens is 6. The van der Waals surface area contributed by atoms with Gasteiger partial charge in [0.05, 0.1) is 32.4 Å². The van der Waals surface area contributed by atoms with Crippen molar-refractivity contribution in [3.8, 4) is 23.3 Å². The Hall–Kier alpha value is -3.94. The molecule has 0 aliphatic carbocycles. The number of alkyl halides is 4. The molecule has 3 N–H and O–H groups in total. The third-order valence-corrected chi connectivity index (χ3v) is 9.90. The van der Waals surface area contributed by atoms with Crippen molar-refractivity contribution < 1.29 is 31.1 Å². The average Bonchev–Trinajstić information content (AvgIpc) is 3.64. The normalized spacial score (nSPS) is 22.3. The van der Waals surface area contributed by atoms with Gasteiger partial charge in [0.25, 0.3) is 0 Å². The molecule has 6 heterocycles. The summed E-state index contributed by atoms with van der Waals surface area (Å²) in [7, 11) is 0. The second-order valence-electron chi connectivity index (χ2n) is 11.5. The van der Waals surface area contributed by atoms with Gasteiger partial charge in [-0.1, -0.05) is 0 Å². The number of nitrogens with one attached hydrogen (secondary N) is 1. The third kappa shape index (κ3) is 4.88. The maximum absolute atomic E-state index is 15.6. The van der Waals surface area contributed by atoms with E-state index in [1.165, 1.54) is 0 Å². The second kappa shape index (κ2) is 10.8. The predicted molar refractivity (Wildman–Crippen MR) is 156 cm³/mol. The molecule has 7 rings (SSSR count). The number of hydrogen-bond donors (Lipinski definition) is 2. The van der Waals surface area contributed by atoms with Crippen LogP contribution in [0.2, 0.25) is 0 Å². The van der Waals surface area contributed by atoms with Crippen molar-refractivity contribution in [3.05, 3.63) is 35.0 Å². The predicted octanol–water partition coefficient (Wildman–Crippen LogP) is 5.02. The molecule has 0 saturated carbocycles. The molecule has 3 aromatic heterocycles. The number of pyridine rings is 1. The van der Waals surface area contributed by atoms with Crippen molar-refractivity contribution >= 4 is 43.1 Å². The number of nitrogens with zero attached hydrogens (tertiary/aromatic N) is 6. The van der Waals surface area contributed by atoms with Crippen LogP contribution in [0.25, 0.3) is 32.2 Å². The van der Waals surface area contributed by atoms with Crippen molar-refractivity contribution in [1.29, 1.82) is 5.26 Å². The molecule has 3 fully saturated rings. The Morgan fingerprint density at radius 1 is 1.18 bits per heavy atom. The van der Waals surface area contributed by atoms with E-state index in [1.54, 1.807) is 11.0 Å². The van der Waals surface area contributed by atoms with E-state index in [1.807, 2.05) is 4.90 Å². The molecule has 0 spiro atoms. The van der Waals surface area contributed by atoms with Gasteiger partial charge in [-0.3, -0.25) is 9.88 Å². The van der Waals surface area contributed by atoms with Gasteiger partial charge in [0.15, 0.2) is 0 Å². The molecule has 0 radical (unpaired) electrons. The maximum atomic E-state index is 15.6. The van der Waals surface area contributed by atoms with E-state index in [0.717, 1.165) is 12.6 Å². The molecule has 236 valence electrons. The first-order valence-electron chi connectivity index (χ1n) is 14.4. The van der Waals surface area contributed by atoms with E-state index < -0.39 is 57.2 Å². The van der Waals surface area contributed by atoms with Crippen molar-refractivity contribution in [1.82, 2.24) is 25.2 Å². The smallest absolute Gasteiger partial charge is 0.420 e. The van der Waals surface area contributed by atoms with Crippen LogP contribution in [0.5, 0.6) is 6.01 Å². The van der Waals surface area contributed by atoms with Crippen LogP contribution in [-0.4, -0.2) is 77.4 Å². The summed E-state index contributed by atoms with van der Waals surface area (Å²) in [6.45, 7) is 2.86. The molecule has 9 nitrogen and oxygen atoms in total. The van der Waals surface area contributed by atoms with E-state index in [4.69, 9.17) is 10.5 Å². The summed E-state index contributed by atoms with van der Waals surface area (Å²) in [4.78, 5) is 16.6. The number of piperazine rings is 1. The van der Waals surface area contributed by atoms with Crippen LogP contribution in [0.1, 0.15) is 30.4 Å². The number of benzene rings is 1. The molecule has 0 unspecified atom stereocenters. The average molecular weight is 649 g/mol. The van der Waals surface area contributed by atoms with Gasteiger partial charge in [-0.05, 0) is 19.4 Å². The van der Waals surface area contributed by atoms with Gasteiger partial charge < -0.3 is 20.7 Å². The van der Waals surface area contributed by atoms with Crippen LogP contribution in [0.15, 0.2) is 12.3 Å². The highest BCUT2D eigenvalue weighted by atomic mass is 32.1. The fourth-order valence-electron chi connectivity index (χ4n) is 6.91. The molecule has 45 heavy (non-hydrogen) atoms. The van der Waals surface area contributed by atoms with Crippen LogP contribution in [-0.2, 0) is 6.18 Å².